The summed E-state index contributed by atoms with van der Waals surface area (Å²) in [6, 6.07) is 0. The Labute approximate surface area is 87.2 Å². The van der Waals surface area contributed by atoms with Crippen molar-refractivity contribution in [3.05, 3.63) is 12.7 Å². The van der Waals surface area contributed by atoms with Crippen molar-refractivity contribution in [1.82, 2.24) is 0 Å². The fourth-order valence-corrected chi connectivity index (χ4v) is 3.62. The number of hydrogen-bond acceptors (Lipinski definition) is 1. The fraction of sp³-hybridized carbons (Fsp3) is 0.846. The topological polar surface area (TPSA) is 20.2 Å². The Hall–Kier alpha value is -0.300. The van der Waals surface area contributed by atoms with Crippen LogP contribution in [0.4, 0.5) is 0 Å². The minimum absolute atomic E-state index is 0.392. The molecule has 0 saturated heterocycles. The van der Waals surface area contributed by atoms with Crippen molar-refractivity contribution in [1.29, 1.82) is 0 Å². The molecule has 1 nitrogen and oxygen atoms in total. The van der Waals surface area contributed by atoms with Crippen LogP contribution in [0.2, 0.25) is 0 Å². The van der Waals surface area contributed by atoms with Crippen LogP contribution in [0.5, 0.6) is 0 Å². The van der Waals surface area contributed by atoms with Crippen molar-refractivity contribution >= 4 is 0 Å². The third-order valence-corrected chi connectivity index (χ3v) is 4.28. The van der Waals surface area contributed by atoms with E-state index >= 15 is 0 Å². The molecule has 2 aliphatic carbocycles. The minimum Gasteiger partial charge on any atom is -0.389 e. The molecule has 0 spiro atoms. The second kappa shape index (κ2) is 4.06. The lowest BCUT2D eigenvalue weighted by Gasteiger charge is -2.33. The van der Waals surface area contributed by atoms with Gasteiger partial charge in [-0.05, 0) is 31.1 Å². The average molecular weight is 194 g/mol. The third-order valence-electron chi connectivity index (χ3n) is 4.28. The summed E-state index contributed by atoms with van der Waals surface area (Å²) in [5.41, 5.74) is -0.392. The zero-order chi connectivity index (χ0) is 10.0. The molecule has 0 radical (unpaired) electrons. The molecule has 80 valence electrons. The van der Waals surface area contributed by atoms with E-state index in [0.717, 1.165) is 18.8 Å². The summed E-state index contributed by atoms with van der Waals surface area (Å²) in [5.74, 6) is 1.38. The lowest BCUT2D eigenvalue weighted by Crippen LogP contribution is -2.36. The Morgan fingerprint density at radius 2 is 1.93 bits per heavy atom. The van der Waals surface area contributed by atoms with Crippen LogP contribution >= 0.6 is 0 Å². The second-order valence-electron chi connectivity index (χ2n) is 5.14. The molecule has 0 unspecified atom stereocenters. The monoisotopic (exact) mass is 194 g/mol. The van der Waals surface area contributed by atoms with Gasteiger partial charge in [0.25, 0.3) is 0 Å². The molecule has 14 heavy (non-hydrogen) atoms. The Kier molecular flexibility index (Phi) is 2.96. The van der Waals surface area contributed by atoms with Crippen LogP contribution in [0.25, 0.3) is 0 Å². The van der Waals surface area contributed by atoms with Crippen molar-refractivity contribution in [3.8, 4) is 0 Å². The van der Waals surface area contributed by atoms with Crippen molar-refractivity contribution < 1.29 is 5.11 Å². The molecule has 2 fully saturated rings. The highest BCUT2D eigenvalue weighted by Crippen LogP contribution is 2.47. The molecular formula is C13H22O. The first-order valence-electron chi connectivity index (χ1n) is 6.09. The maximum absolute atomic E-state index is 10.5. The molecule has 0 aliphatic heterocycles. The molecule has 2 atom stereocenters. The zero-order valence-electron chi connectivity index (χ0n) is 9.04. The highest BCUT2D eigenvalue weighted by molar-refractivity contribution is 4.99. The van der Waals surface area contributed by atoms with E-state index in [1.807, 2.05) is 6.08 Å². The molecule has 2 saturated carbocycles. The Bertz CT molecular complexity index is 205. The molecule has 1 N–H and O–H groups in total. The van der Waals surface area contributed by atoms with E-state index in [9.17, 15) is 5.11 Å². The van der Waals surface area contributed by atoms with E-state index < -0.39 is 5.60 Å². The molecule has 0 aromatic carbocycles. The van der Waals surface area contributed by atoms with Crippen molar-refractivity contribution in [3.63, 3.8) is 0 Å². The van der Waals surface area contributed by atoms with Gasteiger partial charge < -0.3 is 5.11 Å². The summed E-state index contributed by atoms with van der Waals surface area (Å²) in [6.07, 6.45) is 11.6. The molecule has 1 heteroatoms. The minimum atomic E-state index is -0.392. The van der Waals surface area contributed by atoms with Gasteiger partial charge in [-0.3, -0.25) is 0 Å². The smallest absolute Gasteiger partial charge is 0.0712 e. The van der Waals surface area contributed by atoms with Gasteiger partial charge in [-0.2, -0.15) is 0 Å². The summed E-state index contributed by atoms with van der Waals surface area (Å²) in [4.78, 5) is 0. The maximum Gasteiger partial charge on any atom is 0.0712 e. The summed E-state index contributed by atoms with van der Waals surface area (Å²) < 4.78 is 0. The van der Waals surface area contributed by atoms with E-state index in [0.29, 0.717) is 5.92 Å². The third kappa shape index (κ3) is 1.75. The number of hydrogen-bond donors (Lipinski definition) is 1. The van der Waals surface area contributed by atoms with E-state index in [-0.39, 0.29) is 0 Å². The molecular weight excluding hydrogens is 172 g/mol. The summed E-state index contributed by atoms with van der Waals surface area (Å²) in [5, 5.41) is 10.5. The molecule has 0 amide bonds. The van der Waals surface area contributed by atoms with Gasteiger partial charge in [0.05, 0.1) is 5.60 Å². The summed E-state index contributed by atoms with van der Waals surface area (Å²) >= 11 is 0. The predicted molar refractivity (Wildman–Crippen MR) is 59.1 cm³/mol. The van der Waals surface area contributed by atoms with Gasteiger partial charge >= 0.3 is 0 Å². The van der Waals surface area contributed by atoms with Crippen LogP contribution < -0.4 is 0 Å². The standard InChI is InChI=1S/C13H22O/c1-2-9-13(14)10-5-8-12(13)11-6-3-4-7-11/h2,11-12,14H,1,3-10H2/t12-,13-/m1/s1. The molecule has 0 heterocycles. The van der Waals surface area contributed by atoms with Gasteiger partial charge in [-0.15, -0.1) is 6.58 Å². The van der Waals surface area contributed by atoms with Crippen LogP contribution in [0, 0.1) is 11.8 Å². The largest absolute Gasteiger partial charge is 0.389 e. The Morgan fingerprint density at radius 3 is 2.57 bits per heavy atom. The summed E-state index contributed by atoms with van der Waals surface area (Å²) in [6.45, 7) is 3.77. The number of aliphatic hydroxyl groups is 1. The number of rotatable bonds is 3. The van der Waals surface area contributed by atoms with Crippen LogP contribution in [0.15, 0.2) is 12.7 Å². The molecule has 0 bridgehead atoms. The lowest BCUT2D eigenvalue weighted by molar-refractivity contribution is -0.0171. The first-order valence-corrected chi connectivity index (χ1v) is 6.09. The van der Waals surface area contributed by atoms with Gasteiger partial charge in [0, 0.05) is 0 Å². The van der Waals surface area contributed by atoms with Gasteiger partial charge in [-0.25, -0.2) is 0 Å². The molecule has 2 aliphatic rings. The Balaban J connectivity index is 2.04. The van der Waals surface area contributed by atoms with Crippen molar-refractivity contribution in [2.75, 3.05) is 0 Å². The second-order valence-corrected chi connectivity index (χ2v) is 5.14. The SMILES string of the molecule is C=CC[C@@]1(O)CCC[C@@H]1C1CCCC1. The van der Waals surface area contributed by atoms with Crippen molar-refractivity contribution in [2.45, 2.75) is 57.0 Å². The quantitative estimate of drug-likeness (QED) is 0.684. The van der Waals surface area contributed by atoms with Crippen LogP contribution in [-0.4, -0.2) is 10.7 Å². The van der Waals surface area contributed by atoms with Crippen LogP contribution in [-0.2, 0) is 0 Å². The normalized spacial score (nSPS) is 39.1. The van der Waals surface area contributed by atoms with E-state index in [1.165, 1.54) is 38.5 Å². The zero-order valence-corrected chi connectivity index (χ0v) is 9.04. The molecule has 0 aromatic rings. The van der Waals surface area contributed by atoms with Gasteiger partial charge in [0.2, 0.25) is 0 Å². The first-order chi connectivity index (χ1) is 6.76. The molecule has 0 aromatic heterocycles. The molecule has 2 rings (SSSR count). The Morgan fingerprint density at radius 1 is 1.21 bits per heavy atom. The maximum atomic E-state index is 10.5. The van der Waals surface area contributed by atoms with E-state index in [4.69, 9.17) is 0 Å². The van der Waals surface area contributed by atoms with Gasteiger partial charge in [0.15, 0.2) is 0 Å². The van der Waals surface area contributed by atoms with Crippen LogP contribution in [0.3, 0.4) is 0 Å². The average Bonchev–Trinajstić information content (AvgIpc) is 2.73. The predicted octanol–water partition coefficient (Wildman–Crippen LogP) is 3.28. The van der Waals surface area contributed by atoms with Crippen molar-refractivity contribution in [2.24, 2.45) is 11.8 Å². The highest BCUT2D eigenvalue weighted by atomic mass is 16.3. The highest BCUT2D eigenvalue weighted by Gasteiger charge is 2.44. The van der Waals surface area contributed by atoms with Crippen LogP contribution in [0.1, 0.15) is 51.4 Å². The van der Waals surface area contributed by atoms with E-state index in [2.05, 4.69) is 6.58 Å². The van der Waals surface area contributed by atoms with Gasteiger partial charge in [0.1, 0.15) is 0 Å². The first kappa shape index (κ1) is 10.2. The lowest BCUT2D eigenvalue weighted by atomic mass is 9.78. The van der Waals surface area contributed by atoms with E-state index in [1.54, 1.807) is 0 Å². The fourth-order valence-electron chi connectivity index (χ4n) is 3.62. The van der Waals surface area contributed by atoms with Gasteiger partial charge in [-0.1, -0.05) is 38.2 Å². The summed E-state index contributed by atoms with van der Waals surface area (Å²) in [7, 11) is 0.